The number of aryl methyl sites for hydroxylation is 3. The van der Waals surface area contributed by atoms with E-state index in [4.69, 9.17) is 0 Å². The average molecular weight is 379 g/mol. The molecule has 4 rings (SSSR count). The molecule has 0 bridgehead atoms. The Morgan fingerprint density at radius 2 is 2.04 bits per heavy atom. The Balaban J connectivity index is 1.56. The van der Waals surface area contributed by atoms with Gasteiger partial charge in [-0.3, -0.25) is 9.48 Å². The summed E-state index contributed by atoms with van der Waals surface area (Å²) >= 11 is 1.44. The lowest BCUT2D eigenvalue weighted by molar-refractivity contribution is -0.115. The summed E-state index contributed by atoms with van der Waals surface area (Å²) in [5.74, 6) is -0.0780. The first-order valence-electron chi connectivity index (χ1n) is 8.76. The summed E-state index contributed by atoms with van der Waals surface area (Å²) in [4.78, 5) is 20.5. The molecule has 2 N–H and O–H groups in total. The molecule has 0 saturated heterocycles. The Kier molecular flexibility index (Phi) is 4.31. The highest BCUT2D eigenvalue weighted by molar-refractivity contribution is 7.14. The molecule has 27 heavy (non-hydrogen) atoms. The van der Waals surface area contributed by atoms with Gasteiger partial charge in [0.1, 0.15) is 0 Å². The molecule has 3 heterocycles. The van der Waals surface area contributed by atoms with Gasteiger partial charge in [-0.05, 0) is 26.8 Å². The van der Waals surface area contributed by atoms with Crippen molar-refractivity contribution in [3.8, 4) is 11.3 Å². The SMILES string of the molecule is Cc1nn(C)c(C)c1CC(=O)Nc1nc(-c2c(C)[nH]c3ccccc23)cs1. The van der Waals surface area contributed by atoms with Crippen molar-refractivity contribution in [1.29, 1.82) is 0 Å². The van der Waals surface area contributed by atoms with Crippen LogP contribution in [0.3, 0.4) is 0 Å². The third-order valence-corrected chi connectivity index (χ3v) is 5.65. The number of nitrogens with one attached hydrogen (secondary N) is 2. The summed E-state index contributed by atoms with van der Waals surface area (Å²) in [5.41, 5.74) is 6.99. The van der Waals surface area contributed by atoms with E-state index in [-0.39, 0.29) is 5.91 Å². The van der Waals surface area contributed by atoms with Crippen LogP contribution in [0.4, 0.5) is 5.13 Å². The Morgan fingerprint density at radius 1 is 1.26 bits per heavy atom. The van der Waals surface area contributed by atoms with E-state index in [2.05, 4.69) is 32.5 Å². The van der Waals surface area contributed by atoms with E-state index in [9.17, 15) is 4.79 Å². The van der Waals surface area contributed by atoms with Gasteiger partial charge in [-0.1, -0.05) is 18.2 Å². The van der Waals surface area contributed by atoms with Gasteiger partial charge in [-0.2, -0.15) is 5.10 Å². The number of thiazole rings is 1. The van der Waals surface area contributed by atoms with Crippen molar-refractivity contribution in [1.82, 2.24) is 19.7 Å². The van der Waals surface area contributed by atoms with E-state index in [1.165, 1.54) is 11.3 Å². The fourth-order valence-corrected chi connectivity index (χ4v) is 4.17. The molecule has 0 aliphatic rings. The second kappa shape index (κ2) is 6.66. The predicted molar refractivity (Wildman–Crippen MR) is 109 cm³/mol. The van der Waals surface area contributed by atoms with Crippen molar-refractivity contribution in [2.75, 3.05) is 5.32 Å². The van der Waals surface area contributed by atoms with E-state index in [0.29, 0.717) is 11.6 Å². The van der Waals surface area contributed by atoms with Crippen LogP contribution in [0.1, 0.15) is 22.6 Å². The Morgan fingerprint density at radius 3 is 2.78 bits per heavy atom. The highest BCUT2D eigenvalue weighted by Gasteiger charge is 2.17. The molecular formula is C20H21N5OS. The zero-order valence-electron chi connectivity index (χ0n) is 15.8. The Hall–Kier alpha value is -2.93. The van der Waals surface area contributed by atoms with Crippen molar-refractivity contribution in [3.05, 3.63) is 52.3 Å². The van der Waals surface area contributed by atoms with Crippen molar-refractivity contribution in [3.63, 3.8) is 0 Å². The highest BCUT2D eigenvalue weighted by atomic mass is 32.1. The molecule has 0 saturated carbocycles. The summed E-state index contributed by atoms with van der Waals surface area (Å²) in [6.45, 7) is 5.95. The van der Waals surface area contributed by atoms with Crippen molar-refractivity contribution in [2.24, 2.45) is 7.05 Å². The minimum absolute atomic E-state index is 0.0780. The number of carbonyl (C=O) groups excluding carboxylic acids is 1. The molecule has 0 radical (unpaired) electrons. The lowest BCUT2D eigenvalue weighted by atomic mass is 10.1. The van der Waals surface area contributed by atoms with Crippen LogP contribution >= 0.6 is 11.3 Å². The molecule has 138 valence electrons. The monoisotopic (exact) mass is 379 g/mol. The number of para-hydroxylation sites is 1. The summed E-state index contributed by atoms with van der Waals surface area (Å²) in [6.07, 6.45) is 0.298. The number of nitrogens with zero attached hydrogens (tertiary/aromatic N) is 3. The van der Waals surface area contributed by atoms with E-state index in [0.717, 1.165) is 44.8 Å². The van der Waals surface area contributed by atoms with Gasteiger partial charge >= 0.3 is 0 Å². The molecule has 7 heteroatoms. The predicted octanol–water partition coefficient (Wildman–Crippen LogP) is 4.13. The number of carbonyl (C=O) groups is 1. The minimum Gasteiger partial charge on any atom is -0.358 e. The lowest BCUT2D eigenvalue weighted by Crippen LogP contribution is -2.15. The first-order valence-corrected chi connectivity index (χ1v) is 9.64. The van der Waals surface area contributed by atoms with Gasteiger partial charge < -0.3 is 10.3 Å². The largest absolute Gasteiger partial charge is 0.358 e. The molecule has 1 amide bonds. The molecule has 4 aromatic rings. The fraction of sp³-hybridized carbons (Fsp3) is 0.250. The van der Waals surface area contributed by atoms with Crippen molar-refractivity contribution in [2.45, 2.75) is 27.2 Å². The maximum absolute atomic E-state index is 12.5. The number of hydrogen-bond acceptors (Lipinski definition) is 4. The van der Waals surface area contributed by atoms with E-state index >= 15 is 0 Å². The molecule has 0 aliphatic heterocycles. The fourth-order valence-electron chi connectivity index (χ4n) is 3.45. The van der Waals surface area contributed by atoms with Crippen LogP contribution in [0.5, 0.6) is 0 Å². The average Bonchev–Trinajstić information content (AvgIpc) is 3.27. The third-order valence-electron chi connectivity index (χ3n) is 4.90. The van der Waals surface area contributed by atoms with Gasteiger partial charge in [-0.15, -0.1) is 11.3 Å². The number of rotatable bonds is 4. The van der Waals surface area contributed by atoms with Gasteiger partial charge in [-0.25, -0.2) is 4.98 Å². The molecule has 0 aliphatic carbocycles. The van der Waals surface area contributed by atoms with Crippen molar-refractivity contribution < 1.29 is 4.79 Å². The number of anilines is 1. The van der Waals surface area contributed by atoms with Gasteiger partial charge in [0.2, 0.25) is 5.91 Å². The van der Waals surface area contributed by atoms with E-state index in [1.54, 1.807) is 4.68 Å². The van der Waals surface area contributed by atoms with E-state index < -0.39 is 0 Å². The topological polar surface area (TPSA) is 75.6 Å². The number of fused-ring (bicyclic) bond motifs is 1. The molecule has 6 nitrogen and oxygen atoms in total. The van der Waals surface area contributed by atoms with Gasteiger partial charge in [0.25, 0.3) is 0 Å². The summed E-state index contributed by atoms with van der Waals surface area (Å²) in [5, 5.41) is 11.0. The van der Waals surface area contributed by atoms with Gasteiger partial charge in [0.15, 0.2) is 5.13 Å². The smallest absolute Gasteiger partial charge is 0.230 e. The number of hydrogen-bond donors (Lipinski definition) is 2. The first-order chi connectivity index (χ1) is 12.9. The molecule has 0 unspecified atom stereocenters. The van der Waals surface area contributed by atoms with Crippen LogP contribution in [0.25, 0.3) is 22.2 Å². The Bertz CT molecular complexity index is 1150. The van der Waals surface area contributed by atoms with Crippen LogP contribution in [-0.4, -0.2) is 25.7 Å². The van der Waals surface area contributed by atoms with Crippen LogP contribution in [0, 0.1) is 20.8 Å². The number of aromatic amines is 1. The molecule has 0 atom stereocenters. The molecular weight excluding hydrogens is 358 g/mol. The second-order valence-corrected chi connectivity index (χ2v) is 7.56. The van der Waals surface area contributed by atoms with Crippen LogP contribution in [0.15, 0.2) is 29.6 Å². The molecule has 0 fully saturated rings. The first kappa shape index (κ1) is 17.5. The maximum atomic E-state index is 12.5. The number of H-pyrrole nitrogens is 1. The number of amides is 1. The number of benzene rings is 1. The van der Waals surface area contributed by atoms with E-state index in [1.807, 2.05) is 45.3 Å². The number of aromatic nitrogens is 4. The molecule has 1 aromatic carbocycles. The lowest BCUT2D eigenvalue weighted by Gasteiger charge is -2.03. The zero-order chi connectivity index (χ0) is 19.1. The molecule has 3 aromatic heterocycles. The standard InChI is InChI=1S/C20H21N5OS/c1-11-15(13(3)25(4)24-11)9-18(26)23-20-22-17(10-27-20)19-12(2)21-16-8-6-5-7-14(16)19/h5-8,10,21H,9H2,1-4H3,(H,22,23,26). The van der Waals surface area contributed by atoms with Gasteiger partial charge in [0, 0.05) is 45.8 Å². The third kappa shape index (κ3) is 3.14. The van der Waals surface area contributed by atoms with Crippen LogP contribution in [0.2, 0.25) is 0 Å². The molecule has 0 spiro atoms. The van der Waals surface area contributed by atoms with Crippen molar-refractivity contribution >= 4 is 33.3 Å². The quantitative estimate of drug-likeness (QED) is 0.560. The minimum atomic E-state index is -0.0780. The van der Waals surface area contributed by atoms with Crippen LogP contribution < -0.4 is 5.32 Å². The summed E-state index contributed by atoms with van der Waals surface area (Å²) in [6, 6.07) is 8.17. The van der Waals surface area contributed by atoms with Gasteiger partial charge in [0.05, 0.1) is 17.8 Å². The maximum Gasteiger partial charge on any atom is 0.230 e. The summed E-state index contributed by atoms with van der Waals surface area (Å²) < 4.78 is 1.80. The Labute approximate surface area is 161 Å². The van der Waals surface area contributed by atoms with Crippen LogP contribution in [-0.2, 0) is 18.3 Å². The highest BCUT2D eigenvalue weighted by Crippen LogP contribution is 2.33. The normalized spacial score (nSPS) is 11.3. The second-order valence-electron chi connectivity index (χ2n) is 6.71. The summed E-state index contributed by atoms with van der Waals surface area (Å²) in [7, 11) is 1.89. The zero-order valence-corrected chi connectivity index (χ0v) is 16.6.